The summed E-state index contributed by atoms with van der Waals surface area (Å²) >= 11 is 6.32. The molecule has 1 aliphatic heterocycles. The Kier molecular flexibility index (Phi) is 2.75. The predicted molar refractivity (Wildman–Crippen MR) is 74.8 cm³/mol. The number of aromatic nitrogens is 2. The van der Waals surface area contributed by atoms with Crippen molar-refractivity contribution in [2.45, 2.75) is 32.3 Å². The van der Waals surface area contributed by atoms with E-state index in [-0.39, 0.29) is 11.5 Å². The second-order valence-corrected chi connectivity index (χ2v) is 5.69. The quantitative estimate of drug-likeness (QED) is 0.743. The molecule has 0 radical (unpaired) electrons. The summed E-state index contributed by atoms with van der Waals surface area (Å²) in [5, 5.41) is 0.488. The molecule has 0 spiro atoms. The molecule has 1 atom stereocenters. The van der Waals surface area contributed by atoms with Crippen LogP contribution in [0.1, 0.15) is 36.7 Å². The van der Waals surface area contributed by atoms with E-state index in [9.17, 15) is 0 Å². The van der Waals surface area contributed by atoms with E-state index in [0.717, 1.165) is 5.56 Å². The highest BCUT2D eigenvalue weighted by Gasteiger charge is 2.45. The summed E-state index contributed by atoms with van der Waals surface area (Å²) in [7, 11) is 0. The lowest BCUT2D eigenvalue weighted by atomic mass is 9.82. The van der Waals surface area contributed by atoms with Gasteiger partial charge in [0.05, 0.1) is 11.5 Å². The molecule has 1 unspecified atom stereocenters. The van der Waals surface area contributed by atoms with Crippen molar-refractivity contribution in [3.63, 3.8) is 0 Å². The Morgan fingerprint density at radius 1 is 1.16 bits per heavy atom. The maximum atomic E-state index is 6.32. The monoisotopic (exact) mass is 274 g/mol. The summed E-state index contributed by atoms with van der Waals surface area (Å²) in [5.74, 6) is 1.29. The highest BCUT2D eigenvalue weighted by Crippen LogP contribution is 2.49. The molecule has 1 aromatic heterocycles. The number of nitrogens with zero attached hydrogens (tertiary/aromatic N) is 2. The number of ether oxygens (including phenoxy) is 1. The predicted octanol–water partition coefficient (Wildman–Crippen LogP) is 3.74. The standard InChI is InChI=1S/C15H15ClN2O/c1-9-17-13(16)11-12(10-7-5-4-6-8-10)15(2,3)19-14(11)18-9/h4-8,12H,1-3H3. The van der Waals surface area contributed by atoms with Crippen molar-refractivity contribution in [2.24, 2.45) is 0 Å². The third-order valence-corrected chi connectivity index (χ3v) is 3.74. The molecule has 0 N–H and O–H groups in total. The van der Waals surface area contributed by atoms with E-state index < -0.39 is 0 Å². The van der Waals surface area contributed by atoms with Gasteiger partial charge in [0.25, 0.3) is 0 Å². The molecule has 1 aromatic carbocycles. The van der Waals surface area contributed by atoms with Gasteiger partial charge in [-0.25, -0.2) is 4.98 Å². The lowest BCUT2D eigenvalue weighted by Crippen LogP contribution is -2.31. The van der Waals surface area contributed by atoms with Gasteiger partial charge >= 0.3 is 0 Å². The number of rotatable bonds is 1. The van der Waals surface area contributed by atoms with Crippen LogP contribution in [0.15, 0.2) is 30.3 Å². The summed E-state index contributed by atoms with van der Waals surface area (Å²) in [6, 6.07) is 10.2. The van der Waals surface area contributed by atoms with Gasteiger partial charge < -0.3 is 4.74 Å². The zero-order valence-electron chi connectivity index (χ0n) is 11.1. The highest BCUT2D eigenvalue weighted by molar-refractivity contribution is 6.30. The highest BCUT2D eigenvalue weighted by atomic mass is 35.5. The Morgan fingerprint density at radius 2 is 1.84 bits per heavy atom. The van der Waals surface area contributed by atoms with E-state index in [0.29, 0.717) is 16.9 Å². The molecule has 2 aromatic rings. The van der Waals surface area contributed by atoms with Crippen molar-refractivity contribution < 1.29 is 4.74 Å². The first-order valence-corrected chi connectivity index (χ1v) is 6.65. The Morgan fingerprint density at radius 3 is 2.53 bits per heavy atom. The molecule has 4 heteroatoms. The SMILES string of the molecule is Cc1nc(Cl)c2c(n1)OC(C)(C)C2c1ccccc1. The van der Waals surface area contributed by atoms with Crippen LogP contribution in [0.2, 0.25) is 5.15 Å². The molecule has 2 heterocycles. The lowest BCUT2D eigenvalue weighted by Gasteiger charge is -2.26. The molecule has 0 saturated carbocycles. The van der Waals surface area contributed by atoms with Crippen molar-refractivity contribution in [3.8, 4) is 5.88 Å². The van der Waals surface area contributed by atoms with Crippen LogP contribution in [0.4, 0.5) is 0 Å². The first kappa shape index (κ1) is 12.4. The summed E-state index contributed by atoms with van der Waals surface area (Å²) in [5.41, 5.74) is 1.68. The number of hydrogen-bond donors (Lipinski definition) is 0. The Bertz CT molecular complexity index is 626. The molecule has 3 rings (SSSR count). The third kappa shape index (κ3) is 1.98. The van der Waals surface area contributed by atoms with E-state index in [1.54, 1.807) is 0 Å². The number of fused-ring (bicyclic) bond motifs is 1. The number of halogens is 1. The summed E-state index contributed by atoms with van der Waals surface area (Å²) < 4.78 is 5.99. The maximum Gasteiger partial charge on any atom is 0.222 e. The van der Waals surface area contributed by atoms with Crippen LogP contribution in [0.5, 0.6) is 5.88 Å². The molecule has 98 valence electrons. The molecular weight excluding hydrogens is 260 g/mol. The number of benzene rings is 1. The topological polar surface area (TPSA) is 35.0 Å². The molecule has 0 saturated heterocycles. The van der Waals surface area contributed by atoms with Gasteiger partial charge in [-0.2, -0.15) is 4.98 Å². The minimum absolute atomic E-state index is 0.0526. The first-order valence-electron chi connectivity index (χ1n) is 6.27. The van der Waals surface area contributed by atoms with Gasteiger partial charge in [0.2, 0.25) is 5.88 Å². The van der Waals surface area contributed by atoms with Gasteiger partial charge in [-0.15, -0.1) is 0 Å². The van der Waals surface area contributed by atoms with Crippen molar-refractivity contribution >= 4 is 11.6 Å². The van der Waals surface area contributed by atoms with Crippen molar-refractivity contribution in [3.05, 3.63) is 52.4 Å². The fraction of sp³-hybridized carbons (Fsp3) is 0.333. The fourth-order valence-electron chi connectivity index (χ4n) is 2.71. The molecule has 0 fully saturated rings. The molecule has 0 aliphatic carbocycles. The molecule has 0 amide bonds. The van der Waals surface area contributed by atoms with Crippen LogP contribution in [-0.2, 0) is 0 Å². The smallest absolute Gasteiger partial charge is 0.222 e. The van der Waals surface area contributed by atoms with E-state index in [1.807, 2.05) is 25.1 Å². The van der Waals surface area contributed by atoms with Crippen LogP contribution in [0.3, 0.4) is 0 Å². The molecule has 3 nitrogen and oxygen atoms in total. The van der Waals surface area contributed by atoms with Crippen molar-refractivity contribution in [1.29, 1.82) is 0 Å². The maximum absolute atomic E-state index is 6.32. The van der Waals surface area contributed by atoms with Gasteiger partial charge in [-0.1, -0.05) is 41.9 Å². The lowest BCUT2D eigenvalue weighted by molar-refractivity contribution is 0.117. The van der Waals surface area contributed by atoms with Gasteiger partial charge in [0.1, 0.15) is 16.6 Å². The average molecular weight is 275 g/mol. The molecule has 0 bridgehead atoms. The number of hydrogen-bond acceptors (Lipinski definition) is 3. The second-order valence-electron chi connectivity index (χ2n) is 5.33. The molecule has 19 heavy (non-hydrogen) atoms. The van der Waals surface area contributed by atoms with E-state index in [1.165, 1.54) is 5.56 Å². The Hall–Kier alpha value is -1.61. The summed E-state index contributed by atoms with van der Waals surface area (Å²) in [4.78, 5) is 8.63. The summed E-state index contributed by atoms with van der Waals surface area (Å²) in [6.07, 6.45) is 0. The van der Waals surface area contributed by atoms with E-state index >= 15 is 0 Å². The van der Waals surface area contributed by atoms with Crippen LogP contribution >= 0.6 is 11.6 Å². The molecular formula is C15H15ClN2O. The minimum atomic E-state index is -0.379. The third-order valence-electron chi connectivity index (χ3n) is 3.45. The zero-order chi connectivity index (χ0) is 13.6. The average Bonchev–Trinajstić information content (AvgIpc) is 2.60. The van der Waals surface area contributed by atoms with Gasteiger partial charge in [-0.3, -0.25) is 0 Å². The summed E-state index contributed by atoms with van der Waals surface area (Å²) in [6.45, 7) is 5.92. The Labute approximate surface area is 117 Å². The van der Waals surface area contributed by atoms with Crippen LogP contribution in [0.25, 0.3) is 0 Å². The fourth-order valence-corrected chi connectivity index (χ4v) is 3.02. The first-order chi connectivity index (χ1) is 8.99. The van der Waals surface area contributed by atoms with Crippen molar-refractivity contribution in [1.82, 2.24) is 9.97 Å². The normalized spacial score (nSPS) is 19.9. The van der Waals surface area contributed by atoms with E-state index in [4.69, 9.17) is 16.3 Å². The Balaban J connectivity index is 2.21. The minimum Gasteiger partial charge on any atom is -0.470 e. The van der Waals surface area contributed by atoms with Crippen molar-refractivity contribution in [2.75, 3.05) is 0 Å². The van der Waals surface area contributed by atoms with E-state index in [2.05, 4.69) is 35.9 Å². The number of aryl methyl sites for hydroxylation is 1. The van der Waals surface area contributed by atoms with Crippen LogP contribution < -0.4 is 4.74 Å². The van der Waals surface area contributed by atoms with Gasteiger partial charge in [-0.05, 0) is 26.3 Å². The van der Waals surface area contributed by atoms with Crippen LogP contribution in [-0.4, -0.2) is 15.6 Å². The van der Waals surface area contributed by atoms with Gasteiger partial charge in [0.15, 0.2) is 0 Å². The largest absolute Gasteiger partial charge is 0.470 e. The van der Waals surface area contributed by atoms with Crippen LogP contribution in [0, 0.1) is 6.92 Å². The zero-order valence-corrected chi connectivity index (χ0v) is 11.9. The van der Waals surface area contributed by atoms with Gasteiger partial charge in [0, 0.05) is 0 Å². The second kappa shape index (κ2) is 4.20. The molecule has 1 aliphatic rings.